The number of carbonyl (C=O) groups is 2. The van der Waals surface area contributed by atoms with E-state index in [4.69, 9.17) is 0 Å². The molecule has 0 atom stereocenters. The van der Waals surface area contributed by atoms with Crippen LogP contribution >= 0.6 is 11.8 Å². The second-order valence-electron chi connectivity index (χ2n) is 7.58. The van der Waals surface area contributed by atoms with Gasteiger partial charge in [-0.05, 0) is 36.8 Å². The number of carbonyl (C=O) groups excluding carboxylic acids is 2. The van der Waals surface area contributed by atoms with Crippen molar-refractivity contribution in [2.75, 3.05) is 6.26 Å². The van der Waals surface area contributed by atoms with Crippen LogP contribution in [0.2, 0.25) is 0 Å². The molecule has 0 unspecified atom stereocenters. The number of thioether (sulfide) groups is 1. The van der Waals surface area contributed by atoms with Gasteiger partial charge in [0.2, 0.25) is 5.91 Å². The van der Waals surface area contributed by atoms with Gasteiger partial charge in [0.25, 0.3) is 10.0 Å². The molecule has 3 amide bonds. The van der Waals surface area contributed by atoms with Crippen LogP contribution in [-0.2, 0) is 27.8 Å². The maximum Gasteiger partial charge on any atom is 0.335 e. The molecule has 0 aliphatic carbocycles. The number of urea groups is 1. The van der Waals surface area contributed by atoms with Gasteiger partial charge < -0.3 is 4.57 Å². The molecule has 0 aliphatic rings. The SMILES string of the molecule is CCC(=O)NC(=O)NS(=O)(=O)c1ccccc1-c1ccc(Cn2c(C)nc(SC)c2CC)cc1. The molecule has 0 saturated heterocycles. The maximum atomic E-state index is 12.9. The summed E-state index contributed by atoms with van der Waals surface area (Å²) in [5.74, 6) is 0.383. The highest BCUT2D eigenvalue weighted by Crippen LogP contribution is 2.28. The fourth-order valence-electron chi connectivity index (χ4n) is 3.63. The van der Waals surface area contributed by atoms with Crippen LogP contribution in [0.4, 0.5) is 4.79 Å². The highest BCUT2D eigenvalue weighted by atomic mass is 32.2. The minimum Gasteiger partial charge on any atom is -0.327 e. The summed E-state index contributed by atoms with van der Waals surface area (Å²) in [5.41, 5.74) is 3.39. The largest absolute Gasteiger partial charge is 0.335 e. The zero-order valence-corrected chi connectivity index (χ0v) is 21.2. The van der Waals surface area contributed by atoms with Gasteiger partial charge in [-0.2, -0.15) is 0 Å². The lowest BCUT2D eigenvalue weighted by Gasteiger charge is -2.13. The van der Waals surface area contributed by atoms with Crippen molar-refractivity contribution < 1.29 is 18.0 Å². The van der Waals surface area contributed by atoms with Crippen molar-refractivity contribution in [2.24, 2.45) is 0 Å². The van der Waals surface area contributed by atoms with E-state index in [2.05, 4.69) is 16.5 Å². The van der Waals surface area contributed by atoms with Crippen molar-refractivity contribution in [2.45, 2.75) is 50.1 Å². The summed E-state index contributed by atoms with van der Waals surface area (Å²) in [6.45, 7) is 6.33. The normalized spacial score (nSPS) is 11.3. The number of imide groups is 1. The van der Waals surface area contributed by atoms with Gasteiger partial charge in [-0.1, -0.05) is 56.3 Å². The molecule has 2 aromatic carbocycles. The second-order valence-corrected chi connectivity index (χ2v) is 10.0. The molecule has 0 saturated carbocycles. The highest BCUT2D eigenvalue weighted by Gasteiger charge is 2.22. The average Bonchev–Trinajstić information content (AvgIpc) is 3.13. The molecule has 34 heavy (non-hydrogen) atoms. The molecular formula is C24H28N4O4S2. The monoisotopic (exact) mass is 500 g/mol. The van der Waals surface area contributed by atoms with Crippen LogP contribution in [-0.4, -0.2) is 36.2 Å². The number of rotatable bonds is 8. The van der Waals surface area contributed by atoms with Crippen LogP contribution in [0, 0.1) is 6.92 Å². The Hall–Kier alpha value is -3.11. The Kier molecular flexibility index (Phi) is 8.16. The summed E-state index contributed by atoms with van der Waals surface area (Å²) < 4.78 is 29.8. The number of benzene rings is 2. The molecule has 0 radical (unpaired) electrons. The number of sulfonamides is 1. The lowest BCUT2D eigenvalue weighted by atomic mass is 10.0. The lowest BCUT2D eigenvalue weighted by molar-refractivity contribution is -0.119. The van der Waals surface area contributed by atoms with E-state index in [1.54, 1.807) is 36.9 Å². The summed E-state index contributed by atoms with van der Waals surface area (Å²) in [6, 6.07) is 13.0. The summed E-state index contributed by atoms with van der Waals surface area (Å²) in [4.78, 5) is 27.9. The molecule has 180 valence electrons. The number of aryl methyl sites for hydroxylation is 1. The van der Waals surface area contributed by atoms with Crippen LogP contribution in [0.3, 0.4) is 0 Å². The molecule has 0 fully saturated rings. The number of nitrogens with one attached hydrogen (secondary N) is 2. The first kappa shape index (κ1) is 25.5. The third-order valence-corrected chi connectivity index (χ3v) is 7.44. The first-order chi connectivity index (χ1) is 16.2. The van der Waals surface area contributed by atoms with Gasteiger partial charge in [-0.25, -0.2) is 22.9 Å². The maximum absolute atomic E-state index is 12.9. The molecule has 0 aliphatic heterocycles. The van der Waals surface area contributed by atoms with E-state index in [1.807, 2.05) is 47.5 Å². The molecule has 3 rings (SSSR count). The zero-order valence-electron chi connectivity index (χ0n) is 19.6. The molecule has 1 aromatic heterocycles. The van der Waals surface area contributed by atoms with Crippen molar-refractivity contribution in [1.82, 2.24) is 19.6 Å². The number of imidazole rings is 1. The van der Waals surface area contributed by atoms with Crippen molar-refractivity contribution in [3.63, 3.8) is 0 Å². The Morgan fingerprint density at radius 3 is 2.35 bits per heavy atom. The van der Waals surface area contributed by atoms with Gasteiger partial charge in [0, 0.05) is 18.5 Å². The molecule has 2 N–H and O–H groups in total. The smallest absolute Gasteiger partial charge is 0.327 e. The number of amides is 3. The second kappa shape index (κ2) is 10.9. The predicted octanol–water partition coefficient (Wildman–Crippen LogP) is 4.12. The average molecular weight is 501 g/mol. The fourth-order valence-corrected chi connectivity index (χ4v) is 5.48. The van der Waals surface area contributed by atoms with Gasteiger partial charge in [0.15, 0.2) is 0 Å². The molecule has 1 heterocycles. The Morgan fingerprint density at radius 1 is 1.06 bits per heavy atom. The third kappa shape index (κ3) is 5.68. The standard InChI is InChI=1S/C24H28N4O4S2/c1-5-20-23(33-4)25-16(3)28(20)15-17-11-13-18(14-12-17)19-9-7-8-10-21(19)34(31,32)27-24(30)26-22(29)6-2/h7-14H,5-6,15H2,1-4H3,(H2,26,27,29,30). The van der Waals surface area contributed by atoms with Crippen LogP contribution in [0.5, 0.6) is 0 Å². The van der Waals surface area contributed by atoms with Crippen molar-refractivity contribution in [1.29, 1.82) is 0 Å². The zero-order chi connectivity index (χ0) is 24.9. The Labute approximate surface area is 204 Å². The predicted molar refractivity (Wildman–Crippen MR) is 133 cm³/mol. The van der Waals surface area contributed by atoms with Crippen LogP contribution < -0.4 is 10.0 Å². The van der Waals surface area contributed by atoms with E-state index in [-0.39, 0.29) is 11.3 Å². The molecule has 0 spiro atoms. The molecule has 8 nitrogen and oxygen atoms in total. The third-order valence-electron chi connectivity index (χ3n) is 5.34. The number of hydrogen-bond acceptors (Lipinski definition) is 6. The summed E-state index contributed by atoms with van der Waals surface area (Å²) >= 11 is 1.64. The summed E-state index contributed by atoms with van der Waals surface area (Å²) in [7, 11) is -4.19. The minimum absolute atomic E-state index is 0.0508. The number of hydrogen-bond donors (Lipinski definition) is 2. The van der Waals surface area contributed by atoms with E-state index in [1.165, 1.54) is 11.8 Å². The van der Waals surface area contributed by atoms with E-state index in [0.29, 0.717) is 17.7 Å². The van der Waals surface area contributed by atoms with Gasteiger partial charge in [0.1, 0.15) is 10.9 Å². The van der Waals surface area contributed by atoms with Crippen LogP contribution in [0.15, 0.2) is 58.5 Å². The van der Waals surface area contributed by atoms with E-state index in [9.17, 15) is 18.0 Å². The number of aromatic nitrogens is 2. The lowest BCUT2D eigenvalue weighted by Crippen LogP contribution is -2.42. The summed E-state index contributed by atoms with van der Waals surface area (Å²) in [6.07, 6.45) is 2.96. The first-order valence-corrected chi connectivity index (χ1v) is 13.6. The van der Waals surface area contributed by atoms with E-state index >= 15 is 0 Å². The van der Waals surface area contributed by atoms with Crippen LogP contribution in [0.25, 0.3) is 11.1 Å². The molecule has 10 heteroatoms. The topological polar surface area (TPSA) is 110 Å². The van der Waals surface area contributed by atoms with Crippen molar-refractivity contribution in [3.8, 4) is 11.1 Å². The van der Waals surface area contributed by atoms with Gasteiger partial charge in [-0.15, -0.1) is 11.8 Å². The van der Waals surface area contributed by atoms with E-state index < -0.39 is 22.0 Å². The van der Waals surface area contributed by atoms with Gasteiger partial charge >= 0.3 is 6.03 Å². The van der Waals surface area contributed by atoms with Crippen molar-refractivity contribution in [3.05, 3.63) is 65.6 Å². The van der Waals surface area contributed by atoms with Gasteiger partial charge in [-0.3, -0.25) is 10.1 Å². The molecule has 0 bridgehead atoms. The first-order valence-electron chi connectivity index (χ1n) is 10.8. The Balaban J connectivity index is 1.87. The van der Waals surface area contributed by atoms with E-state index in [0.717, 1.165) is 22.8 Å². The minimum atomic E-state index is -4.19. The highest BCUT2D eigenvalue weighted by molar-refractivity contribution is 7.98. The van der Waals surface area contributed by atoms with Gasteiger partial charge in [0.05, 0.1) is 10.6 Å². The Bertz CT molecular complexity index is 1300. The number of nitrogens with zero attached hydrogens (tertiary/aromatic N) is 2. The van der Waals surface area contributed by atoms with Crippen LogP contribution in [0.1, 0.15) is 37.4 Å². The quantitative estimate of drug-likeness (QED) is 0.450. The Morgan fingerprint density at radius 2 is 1.74 bits per heavy atom. The van der Waals surface area contributed by atoms with Crippen molar-refractivity contribution >= 4 is 33.7 Å². The molecular weight excluding hydrogens is 472 g/mol. The fraction of sp³-hybridized carbons (Fsp3) is 0.292. The molecule has 3 aromatic rings. The summed E-state index contributed by atoms with van der Waals surface area (Å²) in [5, 5.41) is 3.02.